The third-order valence-corrected chi connectivity index (χ3v) is 5.53. The largest absolute Gasteiger partial charge is 0.468 e. The van der Waals surface area contributed by atoms with Crippen molar-refractivity contribution in [2.75, 3.05) is 20.3 Å². The number of methoxy groups -OCH3 is 1. The Morgan fingerprint density at radius 1 is 1.10 bits per heavy atom. The Balaban J connectivity index is 1.77. The summed E-state index contributed by atoms with van der Waals surface area (Å²) in [7, 11) is 1.24. The number of amides is 4. The predicted octanol–water partition coefficient (Wildman–Crippen LogP) is 2.33. The highest BCUT2D eigenvalue weighted by Crippen LogP contribution is 2.21. The van der Waals surface area contributed by atoms with Gasteiger partial charge in [0.05, 0.1) is 26.9 Å². The lowest BCUT2D eigenvalue weighted by Crippen LogP contribution is -2.44. The maximum atomic E-state index is 12.7. The number of carbonyl (C=O) groups is 4. The van der Waals surface area contributed by atoms with Crippen LogP contribution in [0.25, 0.3) is 0 Å². The molecule has 3 rings (SSSR count). The SMILES string of the molecule is COC(=O)CN(Cc1ccccc1Cl)CN1C(=O)C(=O)N(Cc2cccs2)C1=O. The lowest BCUT2D eigenvalue weighted by atomic mass is 10.2. The molecule has 1 aromatic heterocycles. The molecule has 4 amide bonds. The summed E-state index contributed by atoms with van der Waals surface area (Å²) >= 11 is 7.57. The van der Waals surface area contributed by atoms with Crippen LogP contribution in [0, 0.1) is 0 Å². The van der Waals surface area contributed by atoms with Crippen molar-refractivity contribution < 1.29 is 23.9 Å². The fourth-order valence-corrected chi connectivity index (χ4v) is 3.73. The van der Waals surface area contributed by atoms with Gasteiger partial charge in [0.2, 0.25) is 0 Å². The molecule has 0 bridgehead atoms. The molecule has 1 aromatic carbocycles. The lowest BCUT2D eigenvalue weighted by Gasteiger charge is -2.25. The summed E-state index contributed by atoms with van der Waals surface area (Å²) in [6, 6.07) is 9.88. The maximum Gasteiger partial charge on any atom is 0.335 e. The van der Waals surface area contributed by atoms with Gasteiger partial charge in [-0.3, -0.25) is 24.2 Å². The fraction of sp³-hybridized carbons (Fsp3) is 0.263. The van der Waals surface area contributed by atoms with E-state index in [4.69, 9.17) is 16.3 Å². The molecule has 1 fully saturated rings. The van der Waals surface area contributed by atoms with Gasteiger partial charge < -0.3 is 4.74 Å². The first-order valence-electron chi connectivity index (χ1n) is 8.63. The first kappa shape index (κ1) is 21.0. The molecule has 2 heterocycles. The highest BCUT2D eigenvalue weighted by Gasteiger charge is 2.45. The third-order valence-electron chi connectivity index (χ3n) is 4.30. The third kappa shape index (κ3) is 4.81. The minimum Gasteiger partial charge on any atom is -0.468 e. The van der Waals surface area contributed by atoms with E-state index in [-0.39, 0.29) is 26.3 Å². The van der Waals surface area contributed by atoms with E-state index in [2.05, 4.69) is 0 Å². The van der Waals surface area contributed by atoms with Gasteiger partial charge in [0, 0.05) is 16.4 Å². The summed E-state index contributed by atoms with van der Waals surface area (Å²) in [6.07, 6.45) is 0. The summed E-state index contributed by atoms with van der Waals surface area (Å²) in [5.41, 5.74) is 0.707. The van der Waals surface area contributed by atoms with Gasteiger partial charge >= 0.3 is 23.8 Å². The predicted molar refractivity (Wildman–Crippen MR) is 106 cm³/mol. The quantitative estimate of drug-likeness (QED) is 0.359. The Bertz CT molecular complexity index is 934. The minimum absolute atomic E-state index is 0.0269. The average Bonchev–Trinajstić information content (AvgIpc) is 3.29. The van der Waals surface area contributed by atoms with Crippen molar-refractivity contribution in [1.82, 2.24) is 14.7 Å². The van der Waals surface area contributed by atoms with Crippen molar-refractivity contribution in [3.8, 4) is 0 Å². The van der Waals surface area contributed by atoms with Crippen LogP contribution in [0.3, 0.4) is 0 Å². The topological polar surface area (TPSA) is 87.2 Å². The van der Waals surface area contributed by atoms with E-state index in [1.807, 2.05) is 5.38 Å². The first-order valence-corrected chi connectivity index (χ1v) is 9.88. The summed E-state index contributed by atoms with van der Waals surface area (Å²) in [6.45, 7) is -0.216. The Hall–Kier alpha value is -2.75. The molecule has 0 spiro atoms. The molecule has 2 aromatic rings. The molecule has 8 nitrogen and oxygen atoms in total. The van der Waals surface area contributed by atoms with E-state index in [9.17, 15) is 19.2 Å². The van der Waals surface area contributed by atoms with Crippen LogP contribution in [0.1, 0.15) is 10.4 Å². The molecule has 1 aliphatic rings. The number of hydrogen-bond acceptors (Lipinski definition) is 7. The van der Waals surface area contributed by atoms with Crippen LogP contribution in [0.4, 0.5) is 4.79 Å². The monoisotopic (exact) mass is 435 g/mol. The smallest absolute Gasteiger partial charge is 0.335 e. The van der Waals surface area contributed by atoms with E-state index >= 15 is 0 Å². The summed E-state index contributed by atoms with van der Waals surface area (Å²) in [5.74, 6) is -2.36. The Morgan fingerprint density at radius 3 is 2.48 bits per heavy atom. The van der Waals surface area contributed by atoms with Crippen molar-refractivity contribution in [2.45, 2.75) is 13.1 Å². The van der Waals surface area contributed by atoms with Crippen molar-refractivity contribution in [2.24, 2.45) is 0 Å². The second-order valence-electron chi connectivity index (χ2n) is 6.28. The standard InChI is InChI=1S/C19H18ClN3O5S/c1-28-16(24)11-21(9-13-5-2-3-7-15(13)20)12-23-18(26)17(25)22(19(23)27)10-14-6-4-8-29-14/h2-8H,9-12H2,1H3. The van der Waals surface area contributed by atoms with Crippen molar-refractivity contribution >= 4 is 46.8 Å². The molecule has 0 atom stereocenters. The zero-order chi connectivity index (χ0) is 21.0. The van der Waals surface area contributed by atoms with Gasteiger partial charge in [-0.2, -0.15) is 0 Å². The molecule has 0 radical (unpaired) electrons. The van der Waals surface area contributed by atoms with Crippen LogP contribution in [-0.4, -0.2) is 58.8 Å². The number of urea groups is 1. The number of benzene rings is 1. The summed E-state index contributed by atoms with van der Waals surface area (Å²) in [5, 5.41) is 2.30. The molecule has 152 valence electrons. The molecule has 10 heteroatoms. The van der Waals surface area contributed by atoms with Crippen LogP contribution in [0.2, 0.25) is 5.02 Å². The van der Waals surface area contributed by atoms with Crippen LogP contribution in [0.5, 0.6) is 0 Å². The second kappa shape index (κ2) is 9.17. The molecule has 1 aliphatic heterocycles. The molecule has 1 saturated heterocycles. The molecule has 29 heavy (non-hydrogen) atoms. The van der Waals surface area contributed by atoms with Gasteiger partial charge in [0.25, 0.3) is 0 Å². The number of halogens is 1. The zero-order valence-electron chi connectivity index (χ0n) is 15.5. The number of imide groups is 2. The van der Waals surface area contributed by atoms with E-state index < -0.39 is 23.8 Å². The van der Waals surface area contributed by atoms with E-state index in [1.165, 1.54) is 23.3 Å². The van der Waals surface area contributed by atoms with Gasteiger partial charge in [0.15, 0.2) is 0 Å². The normalized spacial score (nSPS) is 14.2. The maximum absolute atomic E-state index is 12.7. The highest BCUT2D eigenvalue weighted by atomic mass is 35.5. The van der Waals surface area contributed by atoms with E-state index in [0.29, 0.717) is 10.6 Å². The molecular weight excluding hydrogens is 418 g/mol. The number of carbonyl (C=O) groups excluding carboxylic acids is 4. The Kier molecular flexibility index (Phi) is 6.63. The number of nitrogens with zero attached hydrogens (tertiary/aromatic N) is 3. The second-order valence-corrected chi connectivity index (χ2v) is 7.72. The van der Waals surface area contributed by atoms with Crippen molar-refractivity contribution in [3.63, 3.8) is 0 Å². The van der Waals surface area contributed by atoms with Gasteiger partial charge in [-0.05, 0) is 23.1 Å². The number of ether oxygens (including phenoxy) is 1. The average molecular weight is 436 g/mol. The van der Waals surface area contributed by atoms with Crippen molar-refractivity contribution in [3.05, 3.63) is 57.2 Å². The number of hydrogen-bond donors (Lipinski definition) is 0. The Morgan fingerprint density at radius 2 is 1.83 bits per heavy atom. The van der Waals surface area contributed by atoms with Crippen LogP contribution >= 0.6 is 22.9 Å². The molecular formula is C19H18ClN3O5S. The molecule has 0 aliphatic carbocycles. The van der Waals surface area contributed by atoms with Gasteiger partial charge in [-0.25, -0.2) is 9.69 Å². The Labute approximate surface area is 176 Å². The summed E-state index contributed by atoms with van der Waals surface area (Å²) in [4.78, 5) is 53.3. The number of esters is 1. The number of thiophene rings is 1. The van der Waals surface area contributed by atoms with Gasteiger partial charge in [0.1, 0.15) is 0 Å². The number of rotatable bonds is 8. The molecule has 0 unspecified atom stereocenters. The molecule has 0 saturated carbocycles. The van der Waals surface area contributed by atoms with Crippen LogP contribution in [0.15, 0.2) is 41.8 Å². The first-order chi connectivity index (χ1) is 13.9. The lowest BCUT2D eigenvalue weighted by molar-refractivity contribution is -0.145. The zero-order valence-corrected chi connectivity index (χ0v) is 17.1. The van der Waals surface area contributed by atoms with Crippen molar-refractivity contribution in [1.29, 1.82) is 0 Å². The van der Waals surface area contributed by atoms with E-state index in [1.54, 1.807) is 36.4 Å². The van der Waals surface area contributed by atoms with Crippen LogP contribution < -0.4 is 0 Å². The minimum atomic E-state index is -0.930. The van der Waals surface area contributed by atoms with Gasteiger partial charge in [-0.1, -0.05) is 35.9 Å². The highest BCUT2D eigenvalue weighted by molar-refractivity contribution is 7.09. The van der Waals surface area contributed by atoms with Crippen LogP contribution in [-0.2, 0) is 32.2 Å². The van der Waals surface area contributed by atoms with Gasteiger partial charge in [-0.15, -0.1) is 11.3 Å². The van der Waals surface area contributed by atoms with E-state index in [0.717, 1.165) is 14.7 Å². The molecule has 0 N–H and O–H groups in total. The fourth-order valence-electron chi connectivity index (χ4n) is 2.84. The summed E-state index contributed by atoms with van der Waals surface area (Å²) < 4.78 is 4.70.